The maximum atomic E-state index is 13.3. The maximum Gasteiger partial charge on any atom is 3.00 e. The third-order valence-electron chi connectivity index (χ3n) is 6.75. The predicted octanol–water partition coefficient (Wildman–Crippen LogP) is 7.42. The van der Waals surface area contributed by atoms with Gasteiger partial charge in [0.2, 0.25) is 0 Å². The Balaban J connectivity index is 0.00000243. The van der Waals surface area contributed by atoms with Gasteiger partial charge in [-0.3, -0.25) is 0 Å². The molecule has 1 aromatic rings. The molecule has 140 valence electrons. The van der Waals surface area contributed by atoms with Crippen molar-refractivity contribution < 1.29 is 41.5 Å². The van der Waals surface area contributed by atoms with Crippen LogP contribution in [-0.4, -0.2) is 0 Å². The molecule has 0 heterocycles. The number of rotatable bonds is 6. The summed E-state index contributed by atoms with van der Waals surface area (Å²) in [6.45, 7) is 2.39. The molecule has 0 bridgehead atoms. The zero-order valence-electron chi connectivity index (χ0n) is 16.3. The molecule has 0 saturated heterocycles. The van der Waals surface area contributed by atoms with Gasteiger partial charge in [-0.05, 0) is 49.4 Å². The van der Waals surface area contributed by atoms with Crippen molar-refractivity contribution in [1.82, 2.24) is 0 Å². The van der Waals surface area contributed by atoms with Gasteiger partial charge in [0, 0.05) is 11.6 Å². The second kappa shape index (κ2) is 11.2. The van der Waals surface area contributed by atoms with Crippen molar-refractivity contribution in [2.24, 2.45) is 17.8 Å². The summed E-state index contributed by atoms with van der Waals surface area (Å²) in [5.74, 6) is 1.98. The molecule has 26 heavy (non-hydrogen) atoms. The average molecular weight is 436 g/mol. The van der Waals surface area contributed by atoms with Crippen LogP contribution in [0.2, 0.25) is 0 Å². The molecule has 0 unspecified atom stereocenters. The van der Waals surface area contributed by atoms with Crippen LogP contribution in [0.3, 0.4) is 0 Å². The molecular formula is C23H33F2Y+2. The van der Waals surface area contributed by atoms with Crippen LogP contribution in [0.5, 0.6) is 0 Å². The number of halogens is 2. The van der Waals surface area contributed by atoms with Gasteiger partial charge in [-0.15, -0.1) is 23.8 Å². The first-order chi connectivity index (χ1) is 12.1. The molecule has 0 atom stereocenters. The molecule has 2 fully saturated rings. The van der Waals surface area contributed by atoms with E-state index >= 15 is 0 Å². The Kier molecular flexibility index (Phi) is 9.72. The van der Waals surface area contributed by atoms with E-state index in [2.05, 4.69) is 13.0 Å². The van der Waals surface area contributed by atoms with Gasteiger partial charge in [0.05, 0.1) is 0 Å². The predicted molar refractivity (Wildman–Crippen MR) is 99.5 cm³/mol. The van der Waals surface area contributed by atoms with Crippen molar-refractivity contribution in [3.63, 3.8) is 0 Å². The van der Waals surface area contributed by atoms with Crippen molar-refractivity contribution >= 4 is 0 Å². The molecule has 3 heteroatoms. The van der Waals surface area contributed by atoms with Crippen LogP contribution >= 0.6 is 0 Å². The third-order valence-corrected chi connectivity index (χ3v) is 6.75. The summed E-state index contributed by atoms with van der Waals surface area (Å²) in [4.78, 5) is 0. The van der Waals surface area contributed by atoms with Crippen molar-refractivity contribution in [2.45, 2.75) is 89.9 Å². The van der Waals surface area contributed by atoms with E-state index in [1.165, 1.54) is 76.3 Å². The van der Waals surface area contributed by atoms with Gasteiger partial charge in [0.25, 0.3) is 0 Å². The van der Waals surface area contributed by atoms with Crippen molar-refractivity contribution in [1.29, 1.82) is 0 Å². The van der Waals surface area contributed by atoms with E-state index in [9.17, 15) is 8.78 Å². The molecule has 0 aromatic heterocycles. The van der Waals surface area contributed by atoms with Gasteiger partial charge in [-0.25, -0.2) is 8.78 Å². The molecule has 0 spiro atoms. The fourth-order valence-electron chi connectivity index (χ4n) is 5.02. The Hall–Kier alpha value is 0.184. The average Bonchev–Trinajstić information content (AvgIpc) is 2.60. The molecule has 3 rings (SSSR count). The fourth-order valence-corrected chi connectivity index (χ4v) is 5.02. The Bertz CT molecular complexity index is 509. The Morgan fingerprint density at radius 1 is 0.808 bits per heavy atom. The monoisotopic (exact) mass is 436 g/mol. The third kappa shape index (κ3) is 6.97. The summed E-state index contributed by atoms with van der Waals surface area (Å²) in [6, 6.07) is 5.03. The van der Waals surface area contributed by atoms with Gasteiger partial charge >= 0.3 is 32.7 Å². The van der Waals surface area contributed by atoms with Crippen molar-refractivity contribution in [3.8, 4) is 0 Å². The molecule has 0 amide bonds. The summed E-state index contributed by atoms with van der Waals surface area (Å²) in [5, 5.41) is 0. The van der Waals surface area contributed by atoms with Crippen LogP contribution in [0.25, 0.3) is 0 Å². The molecule has 2 aliphatic carbocycles. The first-order valence-electron chi connectivity index (χ1n) is 10.5. The molecule has 1 aromatic carbocycles. The van der Waals surface area contributed by atoms with Gasteiger partial charge in [-0.2, -0.15) is 0 Å². The van der Waals surface area contributed by atoms with E-state index in [0.29, 0.717) is 5.92 Å². The van der Waals surface area contributed by atoms with Crippen LogP contribution in [0.4, 0.5) is 8.78 Å². The Labute approximate surface area is 183 Å². The molecule has 0 radical (unpaired) electrons. The van der Waals surface area contributed by atoms with Crippen molar-refractivity contribution in [2.75, 3.05) is 0 Å². The van der Waals surface area contributed by atoms with E-state index < -0.39 is 11.6 Å². The van der Waals surface area contributed by atoms with E-state index in [4.69, 9.17) is 0 Å². The molecule has 0 aliphatic heterocycles. The number of benzene rings is 1. The quantitative estimate of drug-likeness (QED) is 0.321. The minimum atomic E-state index is -0.561. The van der Waals surface area contributed by atoms with Crippen LogP contribution in [0.1, 0.15) is 95.5 Å². The summed E-state index contributed by atoms with van der Waals surface area (Å²) in [6.07, 6.45) is 15.9. The largest absolute Gasteiger partial charge is 3.00 e. The van der Waals surface area contributed by atoms with E-state index in [0.717, 1.165) is 36.2 Å². The number of hydrogen-bond donors (Lipinski definition) is 0. The molecular weight excluding hydrogens is 403 g/mol. The smallest absolute Gasteiger partial charge is 0.236 e. The molecule has 2 aliphatic rings. The molecule has 2 saturated carbocycles. The second-order valence-corrected chi connectivity index (χ2v) is 8.74. The standard InChI is InChI=1S/C23H33F2.Y/c1-17-6-8-18(9-7-17)4-2-3-5-19-10-12-20(13-11-19)21-14-22(24)16-23(25)15-21;/h14-15,17-20H,2-13H2,1H3;/q-1;+3. The van der Waals surface area contributed by atoms with Crippen LogP contribution in [-0.2, 0) is 32.7 Å². The SMILES string of the molecule is CC1CCC(CCCCC2CCC(c3cc(F)[c-]c(F)c3)CC2)CC1.[Y+3]. The van der Waals surface area contributed by atoms with Gasteiger partial charge in [0.1, 0.15) is 0 Å². The summed E-state index contributed by atoms with van der Waals surface area (Å²) >= 11 is 0. The Morgan fingerprint density at radius 3 is 1.77 bits per heavy atom. The second-order valence-electron chi connectivity index (χ2n) is 8.74. The van der Waals surface area contributed by atoms with Crippen molar-refractivity contribution in [3.05, 3.63) is 35.4 Å². The zero-order valence-corrected chi connectivity index (χ0v) is 19.1. The van der Waals surface area contributed by atoms with E-state index in [1.54, 1.807) is 0 Å². The van der Waals surface area contributed by atoms with Crippen LogP contribution in [0, 0.1) is 35.5 Å². The van der Waals surface area contributed by atoms with Gasteiger partial charge < -0.3 is 0 Å². The summed E-state index contributed by atoms with van der Waals surface area (Å²) in [5.41, 5.74) is 0.832. The number of hydrogen-bond acceptors (Lipinski definition) is 0. The summed E-state index contributed by atoms with van der Waals surface area (Å²) < 4.78 is 26.7. The topological polar surface area (TPSA) is 0 Å². The minimum absolute atomic E-state index is 0. The Morgan fingerprint density at radius 2 is 1.27 bits per heavy atom. The fraction of sp³-hybridized carbons (Fsp3) is 0.739. The first kappa shape index (κ1) is 22.5. The van der Waals surface area contributed by atoms with Gasteiger partial charge in [-0.1, -0.05) is 58.3 Å². The van der Waals surface area contributed by atoms with E-state index in [-0.39, 0.29) is 32.7 Å². The first-order valence-corrected chi connectivity index (χ1v) is 10.5. The molecule has 0 nitrogen and oxygen atoms in total. The zero-order chi connectivity index (χ0) is 17.6. The number of unbranched alkanes of at least 4 members (excludes halogenated alkanes) is 1. The van der Waals surface area contributed by atoms with Crippen LogP contribution in [0.15, 0.2) is 12.1 Å². The molecule has 0 N–H and O–H groups in total. The van der Waals surface area contributed by atoms with Crippen LogP contribution < -0.4 is 0 Å². The normalized spacial score (nSPS) is 29.2. The summed E-state index contributed by atoms with van der Waals surface area (Å²) in [7, 11) is 0. The van der Waals surface area contributed by atoms with Gasteiger partial charge in [0.15, 0.2) is 0 Å². The minimum Gasteiger partial charge on any atom is -0.236 e. The maximum absolute atomic E-state index is 13.3. The van der Waals surface area contributed by atoms with E-state index in [1.807, 2.05) is 0 Å².